The Morgan fingerprint density at radius 2 is 0.635 bits per heavy atom. The van der Waals surface area contributed by atoms with Gasteiger partial charge < -0.3 is 69.2 Å². The van der Waals surface area contributed by atoms with Gasteiger partial charge in [-0.05, 0) is 53.4 Å². The normalized spacial score (nSPS) is 29.8. The summed E-state index contributed by atoms with van der Waals surface area (Å²) in [5.74, 6) is -7.54. The van der Waals surface area contributed by atoms with Gasteiger partial charge in [0.15, 0.2) is 0 Å². The van der Waals surface area contributed by atoms with Crippen LogP contribution in [0.5, 0.6) is 0 Å². The molecule has 6 aliphatic heterocycles. The number of unbranched alkanes of at least 4 members (excludes halogenated alkanes) is 34. The third-order valence-corrected chi connectivity index (χ3v) is 29.6. The molecule has 720 valence electrons. The number of aliphatic hydroxyl groups is 6. The first kappa shape index (κ1) is 105. The van der Waals surface area contributed by atoms with Gasteiger partial charge in [-0.2, -0.15) is 0 Å². The number of aryl methyl sites for hydroxylation is 2. The number of amides is 6. The van der Waals surface area contributed by atoms with Crippen molar-refractivity contribution in [2.75, 3.05) is 52.9 Å². The van der Waals surface area contributed by atoms with Crippen LogP contribution in [0.1, 0.15) is 294 Å². The number of nitrogens with one attached hydrogen (secondary N) is 4. The third-order valence-electron chi connectivity index (χ3n) is 25.4. The van der Waals surface area contributed by atoms with Crippen LogP contribution in [0.3, 0.4) is 0 Å². The molecule has 1 aliphatic carbocycles. The summed E-state index contributed by atoms with van der Waals surface area (Å²) in [6, 6.07) is -5.41. The first-order chi connectivity index (χ1) is 59.9. The number of hydrogen-bond acceptors (Lipinski definition) is 30. The average molecular weight is 1880 g/mol. The van der Waals surface area contributed by atoms with Gasteiger partial charge in [-0.3, -0.25) is 94.9 Å². The SMILES string of the molecule is Cc1cn([C@H]2C[C@H](OP(=O)(O)OCCCCCCCCCCCCCCCCCCCCOP(=O)(O)O[C@]3(O)C[C@H](N4C(=O)NC(=O)C5(C)[C@@H]4[C@H]4N([C@H]6C[C@@](O)(OP(=O)(O)OCCCCCCCCCCCCCCCCCCCCOP(=O)(O)O[C@H]7C[C@H](n8cc(C)c(=O)[nH]c8=O)O[C@@H]7CO)[C@@H](CO)O6)C(=O)NC(=O)C45C)O[C@@H]3CO)[C@@H](CO)O2)c(=O)[nH]c1=O. The smallest absolute Gasteiger partial charge is 0.394 e. The van der Waals surface area contributed by atoms with Crippen molar-refractivity contribution >= 4 is 55.2 Å². The van der Waals surface area contributed by atoms with Crippen molar-refractivity contribution in [2.24, 2.45) is 10.8 Å². The van der Waals surface area contributed by atoms with E-state index in [9.17, 15) is 107 Å². The Bertz CT molecular complexity index is 4030. The molecule has 0 bridgehead atoms. The van der Waals surface area contributed by atoms with Crippen molar-refractivity contribution in [3.05, 3.63) is 65.2 Å². The molecule has 126 heavy (non-hydrogen) atoms. The number of fused-ring (bicyclic) bond motifs is 4. The summed E-state index contributed by atoms with van der Waals surface area (Å²) in [6.07, 6.45) is 22.4. The van der Waals surface area contributed by atoms with Crippen molar-refractivity contribution in [1.29, 1.82) is 0 Å². The van der Waals surface area contributed by atoms with Gasteiger partial charge in [0.05, 0.1) is 75.8 Å². The second-order valence-corrected chi connectivity index (χ2v) is 40.3. The molecule has 0 radical (unpaired) electrons. The number of phosphoric ester groups is 4. The molecule has 1 saturated carbocycles. The number of aromatic amines is 2. The van der Waals surface area contributed by atoms with E-state index in [0.29, 0.717) is 38.5 Å². The van der Waals surface area contributed by atoms with Crippen LogP contribution in [0.25, 0.3) is 0 Å². The lowest BCUT2D eigenvalue weighted by atomic mass is 9.42. The quantitative estimate of drug-likeness (QED) is 0.0167. The lowest BCUT2D eigenvalue weighted by Gasteiger charge is -2.72. The monoisotopic (exact) mass is 1880 g/mol. The number of rotatable bonds is 62. The molecule has 8 heterocycles. The van der Waals surface area contributed by atoms with E-state index in [1.54, 1.807) is 0 Å². The van der Waals surface area contributed by atoms with E-state index in [2.05, 4.69) is 20.6 Å². The maximum absolute atomic E-state index is 14.1. The van der Waals surface area contributed by atoms with Crippen LogP contribution in [-0.4, -0.2) is 229 Å². The van der Waals surface area contributed by atoms with Crippen molar-refractivity contribution in [3.8, 4) is 0 Å². The molecule has 2 aromatic rings. The third kappa shape index (κ3) is 28.4. The van der Waals surface area contributed by atoms with Gasteiger partial charge in [0, 0.05) is 49.2 Å². The highest BCUT2D eigenvalue weighted by atomic mass is 31.2. The number of aliphatic hydroxyl groups excluding tert-OH is 4. The molecule has 2 aromatic heterocycles. The van der Waals surface area contributed by atoms with Crippen LogP contribution >= 0.6 is 31.3 Å². The van der Waals surface area contributed by atoms with Crippen LogP contribution in [0.4, 0.5) is 9.59 Å². The molecule has 42 nitrogen and oxygen atoms in total. The summed E-state index contributed by atoms with van der Waals surface area (Å²) in [5.41, 5.74) is -5.83. The highest BCUT2D eigenvalue weighted by Gasteiger charge is 2.83. The first-order valence-corrected chi connectivity index (χ1v) is 51.0. The van der Waals surface area contributed by atoms with Gasteiger partial charge in [-0.1, -0.05) is 205 Å². The standard InChI is InChI=1S/C80H136N8O34P4/c1-55-49-85(73(97)81-69(55)93)63-45-57(59(51-89)115-63)119-123(103,104)111-41-37-33-29-25-21-17-13-9-5-7-11-15-19-23-27-31-35-39-43-113-125(107,108)121-79(101)47-65(117-61(79)53-91)87-67-68-78(4,77(67,3)71(95)83-75(87)99)72(96)84-76(100)88(68)66-48-80(102,62(54-92)118-66)122-126(109,110)114-44-40-36-32-28-24-20-16-12-8-6-10-14-18-22-26-30-34-38-42-112-124(105,106)120-58-46-64(116-60(58)52-90)86-50-56(2)70(94)82-74(86)98/h49-50,57-68,89-92,101-102H,5-48,51-54H2,1-4H3,(H,103,104)(H,105,106)(H,107,108)(H,109,110)(H,81,93,97)(H,82,94,98)(H,83,95,99)(H,84,96,100)/t57-,58-,59+,60+,61+,62+,63+,64+,65+,66+,67-,68+,77?,78?,79+,80+/m0/s1. The fourth-order valence-corrected chi connectivity index (χ4v) is 22.1. The van der Waals surface area contributed by atoms with Gasteiger partial charge in [-0.15, -0.1) is 0 Å². The van der Waals surface area contributed by atoms with Gasteiger partial charge in [0.1, 0.15) is 61.5 Å². The van der Waals surface area contributed by atoms with Crippen LogP contribution in [0.15, 0.2) is 31.6 Å². The zero-order chi connectivity index (χ0) is 91.7. The number of nitrogens with zero attached hydrogens (tertiary/aromatic N) is 4. The summed E-state index contributed by atoms with van der Waals surface area (Å²) in [7, 11) is -19.3. The fourth-order valence-electron chi connectivity index (χ4n) is 18.1. The van der Waals surface area contributed by atoms with Crippen molar-refractivity contribution in [3.63, 3.8) is 0 Å². The number of aromatic nitrogens is 4. The summed E-state index contributed by atoms with van der Waals surface area (Å²) in [5, 5.41) is 68.8. The molecular formula is C80H136N8O34P4. The van der Waals surface area contributed by atoms with Crippen LogP contribution in [0.2, 0.25) is 0 Å². The Morgan fingerprint density at radius 1 is 0.381 bits per heavy atom. The number of phosphoric acid groups is 4. The maximum Gasteiger partial charge on any atom is 0.474 e. The molecule has 9 rings (SSSR count). The highest BCUT2D eigenvalue weighted by Crippen LogP contribution is 2.66. The molecular weight excluding hydrogens is 1740 g/mol. The summed E-state index contributed by atoms with van der Waals surface area (Å²) >= 11 is 0. The number of imide groups is 2. The number of hydrogen-bond donors (Lipinski definition) is 14. The molecule has 7 fully saturated rings. The molecule has 0 aromatic carbocycles. The van der Waals surface area contributed by atoms with Crippen molar-refractivity contribution in [1.82, 2.24) is 39.5 Å². The minimum absolute atomic E-state index is 0.00789. The molecule has 7 aliphatic rings. The predicted molar refractivity (Wildman–Crippen MR) is 450 cm³/mol. The number of carbonyl (C=O) groups is 4. The average Bonchev–Trinajstić information content (AvgIpc) is 0.891. The Balaban J connectivity index is 0.586. The molecule has 6 unspecified atom stereocenters. The second kappa shape index (κ2) is 48.8. The van der Waals surface area contributed by atoms with Crippen LogP contribution in [0, 0.1) is 24.7 Å². The molecule has 14 N–H and O–H groups in total. The molecule has 6 saturated heterocycles. The minimum Gasteiger partial charge on any atom is -0.394 e. The number of ether oxygens (including phenoxy) is 4. The summed E-state index contributed by atoms with van der Waals surface area (Å²) in [4.78, 5) is 153. The van der Waals surface area contributed by atoms with Gasteiger partial charge in [0.2, 0.25) is 23.4 Å². The second-order valence-electron chi connectivity index (χ2n) is 34.7. The number of H-pyrrole nitrogens is 2. The summed E-state index contributed by atoms with van der Waals surface area (Å²) < 4.78 is 120. The van der Waals surface area contributed by atoms with Crippen LogP contribution in [-0.2, 0) is 83.0 Å². The Labute approximate surface area is 732 Å². The van der Waals surface area contributed by atoms with E-state index >= 15 is 0 Å². The lowest BCUT2D eigenvalue weighted by Crippen LogP contribution is -2.92. The predicted octanol–water partition coefficient (Wildman–Crippen LogP) is 9.04. The zero-order valence-corrected chi connectivity index (χ0v) is 76.4. The van der Waals surface area contributed by atoms with Gasteiger partial charge in [0.25, 0.3) is 11.1 Å². The Hall–Kier alpha value is -4.72. The minimum atomic E-state index is -5.13. The van der Waals surface area contributed by atoms with E-state index in [-0.39, 0.29) is 50.4 Å². The van der Waals surface area contributed by atoms with E-state index in [1.807, 2.05) is 0 Å². The van der Waals surface area contributed by atoms with E-state index < -0.39 is 213 Å². The Kier molecular flexibility index (Phi) is 40.7. The maximum atomic E-state index is 14.1. The van der Waals surface area contributed by atoms with Gasteiger partial charge >= 0.3 is 54.7 Å². The topological polar surface area (TPSA) is 590 Å². The lowest BCUT2D eigenvalue weighted by molar-refractivity contribution is -0.244. The van der Waals surface area contributed by atoms with Crippen LogP contribution < -0.4 is 33.1 Å². The van der Waals surface area contributed by atoms with Crippen molar-refractivity contribution < 1.29 is 143 Å². The highest BCUT2D eigenvalue weighted by molar-refractivity contribution is 7.48. The van der Waals surface area contributed by atoms with E-state index in [4.69, 9.17) is 55.1 Å². The summed E-state index contributed by atoms with van der Waals surface area (Å²) in [6.45, 7) is 2.13. The first-order valence-electron chi connectivity index (χ1n) is 45.0. The molecule has 6 amide bonds. The van der Waals surface area contributed by atoms with Crippen molar-refractivity contribution in [2.45, 2.75) is 370 Å². The zero-order valence-electron chi connectivity index (χ0n) is 72.9. The van der Waals surface area contributed by atoms with E-state index in [0.717, 1.165) is 212 Å². The largest absolute Gasteiger partial charge is 0.474 e. The fraction of sp³-hybridized carbons (Fsp3) is 0.850. The molecule has 46 heteroatoms. The molecule has 0 spiro atoms. The molecule has 20 atom stereocenters. The van der Waals surface area contributed by atoms with Gasteiger partial charge in [-0.25, -0.2) is 37.4 Å². The number of carbonyl (C=O) groups excluding carboxylic acids is 4. The Morgan fingerprint density at radius 3 is 0.889 bits per heavy atom. The number of urea groups is 2. The van der Waals surface area contributed by atoms with E-state index in [1.165, 1.54) is 40.1 Å².